The molecule has 0 spiro atoms. The first-order valence-electron chi connectivity index (χ1n) is 11.7. The van der Waals surface area contributed by atoms with Crippen LogP contribution in [0.3, 0.4) is 0 Å². The molecule has 0 aliphatic heterocycles. The van der Waals surface area contributed by atoms with Crippen LogP contribution in [0.1, 0.15) is 52.7 Å². The van der Waals surface area contributed by atoms with Gasteiger partial charge >= 0.3 is 11.9 Å². The fraction of sp³-hybridized carbons (Fsp3) is 0.129. The van der Waals surface area contributed by atoms with Crippen LogP contribution in [0, 0.1) is 5.82 Å². The molecule has 4 aromatic carbocycles. The van der Waals surface area contributed by atoms with Gasteiger partial charge in [-0.05, 0) is 42.7 Å². The standard InChI is InChI=1S/C16H14O3.C15H13FO2/c1-11(16(18)19)13-8-5-9-14(10-13)15(17)12-6-3-2-4-7-12;1-10(15(17)18)12-7-8-13(14(16)9-12)11-5-3-2-4-6-11/h2-11H,1H3,(H,18,19);2-10H,1H3,(H,17,18). The topological polar surface area (TPSA) is 91.7 Å². The van der Waals surface area contributed by atoms with Gasteiger partial charge in [-0.25, -0.2) is 4.39 Å². The molecule has 2 N–H and O–H groups in total. The smallest absolute Gasteiger partial charge is 0.310 e. The van der Waals surface area contributed by atoms with Gasteiger partial charge in [0.1, 0.15) is 5.82 Å². The van der Waals surface area contributed by atoms with Crippen molar-refractivity contribution in [2.45, 2.75) is 25.7 Å². The third-order valence-corrected chi connectivity index (χ3v) is 6.00. The van der Waals surface area contributed by atoms with Crippen molar-refractivity contribution in [3.8, 4) is 11.1 Å². The molecule has 2 unspecified atom stereocenters. The van der Waals surface area contributed by atoms with Crippen molar-refractivity contribution in [3.05, 3.63) is 131 Å². The lowest BCUT2D eigenvalue weighted by atomic mass is 9.96. The van der Waals surface area contributed by atoms with Crippen molar-refractivity contribution in [1.29, 1.82) is 0 Å². The van der Waals surface area contributed by atoms with Gasteiger partial charge in [0.2, 0.25) is 0 Å². The van der Waals surface area contributed by atoms with Crippen LogP contribution in [0.4, 0.5) is 4.39 Å². The van der Waals surface area contributed by atoms with E-state index in [-0.39, 0.29) is 5.78 Å². The average molecular weight is 499 g/mol. The zero-order valence-electron chi connectivity index (χ0n) is 20.5. The van der Waals surface area contributed by atoms with Crippen molar-refractivity contribution in [2.75, 3.05) is 0 Å². The monoisotopic (exact) mass is 498 g/mol. The van der Waals surface area contributed by atoms with Gasteiger partial charge in [0.15, 0.2) is 5.78 Å². The highest BCUT2D eigenvalue weighted by Gasteiger charge is 2.17. The minimum atomic E-state index is -0.957. The van der Waals surface area contributed by atoms with Crippen LogP contribution in [-0.2, 0) is 9.59 Å². The summed E-state index contributed by atoms with van der Waals surface area (Å²) in [6.07, 6.45) is 0. The lowest BCUT2D eigenvalue weighted by Gasteiger charge is -2.09. The van der Waals surface area contributed by atoms with Crippen LogP contribution < -0.4 is 0 Å². The van der Waals surface area contributed by atoms with E-state index >= 15 is 0 Å². The summed E-state index contributed by atoms with van der Waals surface area (Å²) in [5.41, 5.74) is 3.48. The molecule has 0 aliphatic carbocycles. The molecule has 0 saturated carbocycles. The molecule has 0 amide bonds. The molecule has 0 aliphatic rings. The van der Waals surface area contributed by atoms with Gasteiger partial charge < -0.3 is 10.2 Å². The number of halogens is 1. The molecule has 0 aromatic heterocycles. The Bertz CT molecular complexity index is 1380. The van der Waals surface area contributed by atoms with Crippen LogP contribution in [0.2, 0.25) is 0 Å². The third-order valence-electron chi connectivity index (χ3n) is 6.00. The fourth-order valence-corrected chi connectivity index (χ4v) is 3.64. The maximum Gasteiger partial charge on any atom is 0.310 e. The third kappa shape index (κ3) is 6.98. The molecule has 4 rings (SSSR count). The maximum absolute atomic E-state index is 14.0. The Morgan fingerprint density at radius 1 is 0.622 bits per heavy atom. The van der Waals surface area contributed by atoms with Crippen LogP contribution in [-0.4, -0.2) is 27.9 Å². The van der Waals surface area contributed by atoms with E-state index in [9.17, 15) is 18.8 Å². The maximum atomic E-state index is 14.0. The number of benzene rings is 4. The Labute approximate surface area is 214 Å². The van der Waals surface area contributed by atoms with E-state index in [0.29, 0.717) is 27.8 Å². The Hall–Kier alpha value is -4.58. The molecule has 0 heterocycles. The molecule has 0 radical (unpaired) electrons. The van der Waals surface area contributed by atoms with E-state index in [1.165, 1.54) is 6.07 Å². The van der Waals surface area contributed by atoms with Crippen molar-refractivity contribution in [2.24, 2.45) is 0 Å². The number of carbonyl (C=O) groups excluding carboxylic acids is 1. The lowest BCUT2D eigenvalue weighted by Crippen LogP contribution is -2.09. The molecular formula is C31H27FO5. The lowest BCUT2D eigenvalue weighted by molar-refractivity contribution is -0.139. The zero-order valence-corrected chi connectivity index (χ0v) is 20.5. The van der Waals surface area contributed by atoms with Crippen LogP contribution in [0.15, 0.2) is 103 Å². The predicted molar refractivity (Wildman–Crippen MR) is 140 cm³/mol. The van der Waals surface area contributed by atoms with Gasteiger partial charge in [0.25, 0.3) is 0 Å². The summed E-state index contributed by atoms with van der Waals surface area (Å²) >= 11 is 0. The highest BCUT2D eigenvalue weighted by Crippen LogP contribution is 2.26. The Kier molecular flexibility index (Phi) is 9.05. The van der Waals surface area contributed by atoms with Crippen molar-refractivity contribution < 1.29 is 29.0 Å². The molecule has 0 fully saturated rings. The molecule has 37 heavy (non-hydrogen) atoms. The Morgan fingerprint density at radius 3 is 1.68 bits per heavy atom. The second-order valence-corrected chi connectivity index (χ2v) is 8.55. The van der Waals surface area contributed by atoms with Gasteiger partial charge in [-0.2, -0.15) is 0 Å². The number of aliphatic carboxylic acids is 2. The molecule has 0 saturated heterocycles. The quantitative estimate of drug-likeness (QED) is 0.274. The van der Waals surface area contributed by atoms with Gasteiger partial charge in [0, 0.05) is 16.7 Å². The predicted octanol–water partition coefficient (Wildman–Crippen LogP) is 6.79. The minimum absolute atomic E-state index is 0.0972. The Morgan fingerprint density at radius 2 is 1.14 bits per heavy atom. The highest BCUT2D eigenvalue weighted by molar-refractivity contribution is 6.09. The number of carboxylic acids is 2. The summed E-state index contributed by atoms with van der Waals surface area (Å²) in [6.45, 7) is 3.15. The summed E-state index contributed by atoms with van der Waals surface area (Å²) in [5.74, 6) is -3.68. The molecule has 4 aromatic rings. The van der Waals surface area contributed by atoms with Crippen molar-refractivity contribution >= 4 is 17.7 Å². The van der Waals surface area contributed by atoms with Crippen LogP contribution >= 0.6 is 0 Å². The van der Waals surface area contributed by atoms with Crippen LogP contribution in [0.5, 0.6) is 0 Å². The summed E-state index contributed by atoms with van der Waals surface area (Å²) in [5, 5.41) is 17.9. The van der Waals surface area contributed by atoms with E-state index in [1.807, 2.05) is 36.4 Å². The van der Waals surface area contributed by atoms with Gasteiger partial charge in [-0.3, -0.25) is 14.4 Å². The summed E-state index contributed by atoms with van der Waals surface area (Å²) in [6, 6.07) is 29.5. The first kappa shape index (κ1) is 27.0. The Balaban J connectivity index is 0.000000206. The van der Waals surface area contributed by atoms with Crippen LogP contribution in [0.25, 0.3) is 11.1 Å². The number of hydrogen-bond acceptors (Lipinski definition) is 3. The van der Waals surface area contributed by atoms with Crippen molar-refractivity contribution in [3.63, 3.8) is 0 Å². The molecule has 2 atom stereocenters. The normalized spacial score (nSPS) is 12.0. The average Bonchev–Trinajstić information content (AvgIpc) is 2.93. The largest absolute Gasteiger partial charge is 0.481 e. The van der Waals surface area contributed by atoms with Gasteiger partial charge in [-0.1, -0.05) is 91.0 Å². The molecule has 188 valence electrons. The van der Waals surface area contributed by atoms with E-state index < -0.39 is 29.6 Å². The number of carboxylic acid groups (broad SMARTS) is 2. The SMILES string of the molecule is CC(C(=O)O)c1ccc(-c2ccccc2)c(F)c1.CC(C(=O)O)c1cccc(C(=O)c2ccccc2)c1. The summed E-state index contributed by atoms with van der Waals surface area (Å²) in [4.78, 5) is 34.1. The number of rotatable bonds is 7. The van der Waals surface area contributed by atoms with E-state index in [0.717, 1.165) is 5.56 Å². The second-order valence-electron chi connectivity index (χ2n) is 8.55. The first-order chi connectivity index (χ1) is 17.7. The van der Waals surface area contributed by atoms with E-state index in [4.69, 9.17) is 10.2 Å². The van der Waals surface area contributed by atoms with E-state index in [2.05, 4.69) is 0 Å². The molecule has 0 bridgehead atoms. The summed E-state index contributed by atoms with van der Waals surface area (Å²) in [7, 11) is 0. The first-order valence-corrected chi connectivity index (χ1v) is 11.7. The number of carbonyl (C=O) groups is 3. The molecule has 5 nitrogen and oxygen atoms in total. The van der Waals surface area contributed by atoms with Gasteiger partial charge in [0.05, 0.1) is 11.8 Å². The van der Waals surface area contributed by atoms with Gasteiger partial charge in [-0.15, -0.1) is 0 Å². The van der Waals surface area contributed by atoms with Crippen molar-refractivity contribution in [1.82, 2.24) is 0 Å². The number of ketones is 1. The number of hydrogen-bond donors (Lipinski definition) is 2. The highest BCUT2D eigenvalue weighted by atomic mass is 19.1. The molecular weight excluding hydrogens is 471 g/mol. The second kappa shape index (κ2) is 12.4. The summed E-state index contributed by atoms with van der Waals surface area (Å²) < 4.78 is 14.0. The van der Waals surface area contributed by atoms with E-state index in [1.54, 1.807) is 74.5 Å². The fourth-order valence-electron chi connectivity index (χ4n) is 3.64. The molecule has 6 heteroatoms. The minimum Gasteiger partial charge on any atom is -0.481 e. The zero-order chi connectivity index (χ0) is 26.9.